The third kappa shape index (κ3) is 5.32. The first-order valence-electron chi connectivity index (χ1n) is 11.1. The lowest BCUT2D eigenvalue weighted by atomic mass is 9.99. The molecular weight excluding hydrogens is 420 g/mol. The molecule has 0 bridgehead atoms. The van der Waals surface area contributed by atoms with Crippen LogP contribution in [-0.4, -0.2) is 70.6 Å². The van der Waals surface area contributed by atoms with Gasteiger partial charge in [-0.1, -0.05) is 26.0 Å². The molecule has 1 N–H and O–H groups in total. The largest absolute Gasteiger partial charge is 0.472 e. The Morgan fingerprint density at radius 1 is 1.36 bits per heavy atom. The summed E-state index contributed by atoms with van der Waals surface area (Å²) in [5.41, 5.74) is 2.38. The van der Waals surface area contributed by atoms with Crippen LogP contribution in [0.4, 0.5) is 0 Å². The summed E-state index contributed by atoms with van der Waals surface area (Å²) in [6.45, 7) is 6.14. The lowest BCUT2D eigenvalue weighted by molar-refractivity contribution is -0.131. The highest BCUT2D eigenvalue weighted by molar-refractivity contribution is 5.98. The summed E-state index contributed by atoms with van der Waals surface area (Å²) in [6.07, 6.45) is 1.66. The molecule has 0 spiro atoms. The SMILES string of the molecule is CCC(=O)N(C)C[C@H]1Oc2ncc(-c3ccc(C#N)cc3)cc2C(=O)N([C@@H](C)CO)C[C@@H]1C. The minimum absolute atomic E-state index is 0.00821. The van der Waals surface area contributed by atoms with Crippen LogP contribution in [0.5, 0.6) is 5.88 Å². The van der Waals surface area contributed by atoms with Crippen LogP contribution in [0.25, 0.3) is 11.1 Å². The first kappa shape index (κ1) is 24.2. The molecule has 0 radical (unpaired) electrons. The summed E-state index contributed by atoms with van der Waals surface area (Å²) in [5.74, 6) is -0.142. The van der Waals surface area contributed by atoms with Gasteiger partial charge in [-0.25, -0.2) is 4.98 Å². The summed E-state index contributed by atoms with van der Waals surface area (Å²) >= 11 is 0. The van der Waals surface area contributed by atoms with Crippen LogP contribution >= 0.6 is 0 Å². The quantitative estimate of drug-likeness (QED) is 0.725. The van der Waals surface area contributed by atoms with Gasteiger partial charge in [0.25, 0.3) is 5.91 Å². The lowest BCUT2D eigenvalue weighted by Crippen LogP contribution is -2.50. The number of aliphatic hydroxyl groups is 1. The molecule has 8 heteroatoms. The maximum Gasteiger partial charge on any atom is 0.259 e. The minimum Gasteiger partial charge on any atom is -0.472 e. The maximum absolute atomic E-state index is 13.5. The van der Waals surface area contributed by atoms with Gasteiger partial charge >= 0.3 is 0 Å². The average molecular weight is 451 g/mol. The fourth-order valence-corrected chi connectivity index (χ4v) is 3.86. The number of benzene rings is 1. The third-order valence-corrected chi connectivity index (χ3v) is 6.05. The van der Waals surface area contributed by atoms with Crippen LogP contribution in [0.3, 0.4) is 0 Å². The summed E-state index contributed by atoms with van der Waals surface area (Å²) in [4.78, 5) is 33.4. The monoisotopic (exact) mass is 450 g/mol. The maximum atomic E-state index is 13.5. The number of nitrogens with zero attached hydrogens (tertiary/aromatic N) is 4. The second-order valence-corrected chi connectivity index (χ2v) is 8.52. The van der Waals surface area contributed by atoms with Crippen molar-refractivity contribution in [2.75, 3.05) is 26.7 Å². The van der Waals surface area contributed by atoms with Crippen LogP contribution in [-0.2, 0) is 4.79 Å². The Labute approximate surface area is 194 Å². The molecule has 1 aliphatic heterocycles. The molecule has 0 fully saturated rings. The number of pyridine rings is 1. The summed E-state index contributed by atoms with van der Waals surface area (Å²) < 4.78 is 6.22. The van der Waals surface area contributed by atoms with Gasteiger partial charge in [0.05, 0.1) is 30.8 Å². The Bertz CT molecular complexity index is 1050. The summed E-state index contributed by atoms with van der Waals surface area (Å²) in [6, 6.07) is 10.5. The highest BCUT2D eigenvalue weighted by Gasteiger charge is 2.34. The molecule has 1 aliphatic rings. The molecule has 0 saturated heterocycles. The molecule has 8 nitrogen and oxygen atoms in total. The van der Waals surface area contributed by atoms with Gasteiger partial charge in [-0.3, -0.25) is 9.59 Å². The Morgan fingerprint density at radius 2 is 2.06 bits per heavy atom. The van der Waals surface area contributed by atoms with Crippen molar-refractivity contribution in [3.63, 3.8) is 0 Å². The molecule has 1 aromatic carbocycles. The van der Waals surface area contributed by atoms with Gasteiger partial charge in [0, 0.05) is 37.7 Å². The normalized spacial score (nSPS) is 18.9. The summed E-state index contributed by atoms with van der Waals surface area (Å²) in [7, 11) is 1.74. The minimum atomic E-state index is -0.389. The van der Waals surface area contributed by atoms with Crippen LogP contribution in [0, 0.1) is 17.2 Å². The molecule has 174 valence electrons. The van der Waals surface area contributed by atoms with E-state index in [1.807, 2.05) is 13.8 Å². The highest BCUT2D eigenvalue weighted by Crippen LogP contribution is 2.30. The molecule has 2 aromatic rings. The number of carbonyl (C=O) groups is 2. The van der Waals surface area contributed by atoms with E-state index in [1.165, 1.54) is 0 Å². The molecule has 2 amide bonds. The number of ether oxygens (including phenoxy) is 1. The standard InChI is InChI=1S/C25H30N4O4/c1-5-23(31)28(4)14-22-16(2)13-29(17(3)15-30)25(32)21-10-20(12-27-24(21)33-22)19-8-6-18(11-26)7-9-19/h6-10,12,16-17,22,30H,5,13-15H2,1-4H3/t16-,17-,22+/m0/s1. The van der Waals surface area contributed by atoms with E-state index < -0.39 is 0 Å². The molecule has 3 rings (SSSR count). The third-order valence-electron chi connectivity index (χ3n) is 6.05. The predicted octanol–water partition coefficient (Wildman–Crippen LogP) is 2.71. The average Bonchev–Trinajstić information content (AvgIpc) is 2.84. The van der Waals surface area contributed by atoms with E-state index >= 15 is 0 Å². The Balaban J connectivity index is 2.03. The fourth-order valence-electron chi connectivity index (χ4n) is 3.86. The first-order valence-corrected chi connectivity index (χ1v) is 11.1. The van der Waals surface area contributed by atoms with Gasteiger partial charge in [0.2, 0.25) is 11.8 Å². The number of amides is 2. The molecule has 0 aliphatic carbocycles. The number of likely N-dealkylation sites (N-methyl/N-ethyl adjacent to an activating group) is 1. The number of aliphatic hydroxyl groups excluding tert-OH is 1. The molecule has 0 unspecified atom stereocenters. The van der Waals surface area contributed by atoms with Crippen molar-refractivity contribution in [1.29, 1.82) is 5.26 Å². The number of carbonyl (C=O) groups excluding carboxylic acids is 2. The van der Waals surface area contributed by atoms with Gasteiger partial charge in [-0.2, -0.15) is 5.26 Å². The van der Waals surface area contributed by atoms with Gasteiger partial charge in [0.1, 0.15) is 11.7 Å². The zero-order valence-electron chi connectivity index (χ0n) is 19.5. The van der Waals surface area contributed by atoms with E-state index in [4.69, 9.17) is 10.00 Å². The van der Waals surface area contributed by atoms with E-state index in [9.17, 15) is 14.7 Å². The number of nitriles is 1. The lowest BCUT2D eigenvalue weighted by Gasteiger charge is -2.37. The second-order valence-electron chi connectivity index (χ2n) is 8.52. The zero-order valence-corrected chi connectivity index (χ0v) is 19.5. The van der Waals surface area contributed by atoms with E-state index in [0.29, 0.717) is 30.6 Å². The number of hydrogen-bond donors (Lipinski definition) is 1. The number of rotatable bonds is 6. The fraction of sp³-hybridized carbons (Fsp3) is 0.440. The second kappa shape index (κ2) is 10.5. The molecule has 1 aromatic heterocycles. The van der Waals surface area contributed by atoms with E-state index in [-0.39, 0.29) is 42.4 Å². The Kier molecular flexibility index (Phi) is 7.67. The predicted molar refractivity (Wildman–Crippen MR) is 123 cm³/mol. The van der Waals surface area contributed by atoms with Crippen molar-refractivity contribution >= 4 is 11.8 Å². The van der Waals surface area contributed by atoms with Crippen LogP contribution in [0.2, 0.25) is 0 Å². The van der Waals surface area contributed by atoms with Gasteiger partial charge in [-0.05, 0) is 30.7 Å². The first-order chi connectivity index (χ1) is 15.8. The van der Waals surface area contributed by atoms with Crippen molar-refractivity contribution in [2.45, 2.75) is 39.3 Å². The van der Waals surface area contributed by atoms with E-state index in [0.717, 1.165) is 11.1 Å². The van der Waals surface area contributed by atoms with Crippen molar-refractivity contribution < 1.29 is 19.4 Å². The highest BCUT2D eigenvalue weighted by atomic mass is 16.5. The molecule has 3 atom stereocenters. The van der Waals surface area contributed by atoms with Crippen molar-refractivity contribution in [3.05, 3.63) is 47.7 Å². The smallest absolute Gasteiger partial charge is 0.259 e. The van der Waals surface area contributed by atoms with Crippen molar-refractivity contribution in [3.8, 4) is 23.1 Å². The number of fused-ring (bicyclic) bond motifs is 1. The van der Waals surface area contributed by atoms with Crippen LogP contribution < -0.4 is 4.74 Å². The van der Waals surface area contributed by atoms with Gasteiger partial charge in [-0.15, -0.1) is 0 Å². The number of aromatic nitrogens is 1. The zero-order chi connectivity index (χ0) is 24.1. The van der Waals surface area contributed by atoms with Gasteiger partial charge in [0.15, 0.2) is 0 Å². The van der Waals surface area contributed by atoms with Gasteiger partial charge < -0.3 is 19.6 Å². The Morgan fingerprint density at radius 3 is 2.67 bits per heavy atom. The van der Waals surface area contributed by atoms with Crippen LogP contribution in [0.1, 0.15) is 43.1 Å². The van der Waals surface area contributed by atoms with Crippen molar-refractivity contribution in [2.24, 2.45) is 5.92 Å². The molecule has 33 heavy (non-hydrogen) atoms. The Hall–Kier alpha value is -3.44. The van der Waals surface area contributed by atoms with Crippen molar-refractivity contribution in [1.82, 2.24) is 14.8 Å². The molecule has 0 saturated carbocycles. The molecule has 2 heterocycles. The number of hydrogen-bond acceptors (Lipinski definition) is 6. The molecular formula is C25H30N4O4. The van der Waals surface area contributed by atoms with E-state index in [2.05, 4.69) is 11.1 Å². The van der Waals surface area contributed by atoms with E-state index in [1.54, 1.807) is 60.3 Å². The van der Waals surface area contributed by atoms with Crippen LogP contribution in [0.15, 0.2) is 36.5 Å². The topological polar surface area (TPSA) is 107 Å². The summed E-state index contributed by atoms with van der Waals surface area (Å²) in [5, 5.41) is 18.8.